The van der Waals surface area contributed by atoms with Gasteiger partial charge in [0.1, 0.15) is 11.4 Å². The highest BCUT2D eigenvalue weighted by Gasteiger charge is 2.09. The highest BCUT2D eigenvalue weighted by molar-refractivity contribution is 5.98. The van der Waals surface area contributed by atoms with Gasteiger partial charge in [-0.1, -0.05) is 0 Å². The van der Waals surface area contributed by atoms with Gasteiger partial charge in [-0.15, -0.1) is 0 Å². The highest BCUT2D eigenvalue weighted by Crippen LogP contribution is 2.21. The maximum Gasteiger partial charge on any atom is 0.344 e. The Bertz CT molecular complexity index is 633. The molecule has 6 heteroatoms. The van der Waals surface area contributed by atoms with E-state index in [4.69, 9.17) is 9.47 Å². The van der Waals surface area contributed by atoms with E-state index in [0.717, 1.165) is 10.9 Å². The molecule has 2 aromatic rings. The minimum atomic E-state index is -0.412. The number of ether oxygens (including phenoxy) is 2. The SMILES string of the molecule is CCOC(=O)COc1ccc2cc(C(=O)NC)[nH]c2c1. The summed E-state index contributed by atoms with van der Waals surface area (Å²) in [6.45, 7) is 1.93. The van der Waals surface area contributed by atoms with Gasteiger partial charge in [-0.05, 0) is 25.1 Å². The van der Waals surface area contributed by atoms with Gasteiger partial charge < -0.3 is 19.8 Å². The van der Waals surface area contributed by atoms with Gasteiger partial charge in [-0.3, -0.25) is 4.79 Å². The van der Waals surface area contributed by atoms with Crippen molar-refractivity contribution >= 4 is 22.8 Å². The van der Waals surface area contributed by atoms with Crippen LogP contribution in [0.15, 0.2) is 24.3 Å². The summed E-state index contributed by atoms with van der Waals surface area (Å²) in [5.41, 5.74) is 1.25. The van der Waals surface area contributed by atoms with Crippen LogP contribution < -0.4 is 10.1 Å². The first-order valence-electron chi connectivity index (χ1n) is 6.27. The number of hydrogen-bond acceptors (Lipinski definition) is 4. The lowest BCUT2D eigenvalue weighted by molar-refractivity contribution is -0.145. The molecule has 0 atom stereocenters. The molecule has 2 N–H and O–H groups in total. The molecule has 1 aromatic heterocycles. The minimum Gasteiger partial charge on any atom is -0.482 e. The second-order valence-electron chi connectivity index (χ2n) is 4.10. The van der Waals surface area contributed by atoms with E-state index in [2.05, 4.69) is 10.3 Å². The zero-order chi connectivity index (χ0) is 14.5. The van der Waals surface area contributed by atoms with Crippen molar-refractivity contribution in [1.29, 1.82) is 0 Å². The van der Waals surface area contributed by atoms with Crippen LogP contribution in [-0.4, -0.2) is 37.1 Å². The highest BCUT2D eigenvalue weighted by atomic mass is 16.6. The first kappa shape index (κ1) is 13.9. The van der Waals surface area contributed by atoms with Crippen molar-refractivity contribution < 1.29 is 19.1 Å². The minimum absolute atomic E-state index is 0.137. The Kier molecular flexibility index (Phi) is 4.24. The van der Waals surface area contributed by atoms with E-state index in [0.29, 0.717) is 18.1 Å². The van der Waals surface area contributed by atoms with Crippen LogP contribution in [0.3, 0.4) is 0 Å². The molecule has 0 fully saturated rings. The average Bonchev–Trinajstić information content (AvgIpc) is 2.87. The molecule has 1 amide bonds. The molecular weight excluding hydrogens is 260 g/mol. The van der Waals surface area contributed by atoms with E-state index in [1.807, 2.05) is 6.07 Å². The molecule has 0 aliphatic rings. The van der Waals surface area contributed by atoms with E-state index in [1.165, 1.54) is 0 Å². The molecule has 6 nitrogen and oxygen atoms in total. The molecule has 20 heavy (non-hydrogen) atoms. The Morgan fingerprint density at radius 1 is 1.30 bits per heavy atom. The predicted molar refractivity (Wildman–Crippen MR) is 73.8 cm³/mol. The number of fused-ring (bicyclic) bond motifs is 1. The summed E-state index contributed by atoms with van der Waals surface area (Å²) in [6, 6.07) is 7.05. The van der Waals surface area contributed by atoms with Crippen molar-refractivity contribution in [2.24, 2.45) is 0 Å². The third-order valence-corrected chi connectivity index (χ3v) is 2.73. The molecule has 0 saturated carbocycles. The first-order valence-corrected chi connectivity index (χ1v) is 6.27. The van der Waals surface area contributed by atoms with Crippen LogP contribution in [0.1, 0.15) is 17.4 Å². The number of esters is 1. The molecule has 0 spiro atoms. The second kappa shape index (κ2) is 6.10. The molecule has 0 saturated heterocycles. The fourth-order valence-electron chi connectivity index (χ4n) is 1.80. The Morgan fingerprint density at radius 2 is 2.10 bits per heavy atom. The number of amides is 1. The Balaban J connectivity index is 2.12. The summed E-state index contributed by atoms with van der Waals surface area (Å²) < 4.78 is 10.1. The second-order valence-corrected chi connectivity index (χ2v) is 4.10. The van der Waals surface area contributed by atoms with E-state index < -0.39 is 5.97 Å². The largest absolute Gasteiger partial charge is 0.482 e. The molecule has 0 aliphatic carbocycles. The molecule has 1 aromatic carbocycles. The monoisotopic (exact) mass is 276 g/mol. The quantitative estimate of drug-likeness (QED) is 0.810. The van der Waals surface area contributed by atoms with Crippen molar-refractivity contribution in [3.8, 4) is 5.75 Å². The van der Waals surface area contributed by atoms with E-state index in [-0.39, 0.29) is 12.5 Å². The molecule has 1 heterocycles. The number of carbonyl (C=O) groups is 2. The summed E-state index contributed by atoms with van der Waals surface area (Å²) in [7, 11) is 1.57. The predicted octanol–water partition coefficient (Wildman–Crippen LogP) is 1.47. The van der Waals surface area contributed by atoms with Crippen LogP contribution in [0.2, 0.25) is 0 Å². The number of rotatable bonds is 5. The van der Waals surface area contributed by atoms with Gasteiger partial charge in [0.2, 0.25) is 0 Å². The zero-order valence-corrected chi connectivity index (χ0v) is 11.4. The van der Waals surface area contributed by atoms with Crippen molar-refractivity contribution in [2.45, 2.75) is 6.92 Å². The maximum atomic E-state index is 11.5. The Hall–Kier alpha value is -2.50. The summed E-state index contributed by atoms with van der Waals surface area (Å²) >= 11 is 0. The van der Waals surface area contributed by atoms with Crippen LogP contribution in [0, 0.1) is 0 Å². The van der Waals surface area contributed by atoms with Gasteiger partial charge in [0, 0.05) is 24.0 Å². The molecular formula is C14H16N2O4. The van der Waals surface area contributed by atoms with Gasteiger partial charge in [0.15, 0.2) is 6.61 Å². The topological polar surface area (TPSA) is 80.4 Å². The Morgan fingerprint density at radius 3 is 2.80 bits per heavy atom. The van der Waals surface area contributed by atoms with Crippen molar-refractivity contribution in [2.75, 3.05) is 20.3 Å². The van der Waals surface area contributed by atoms with Crippen LogP contribution >= 0.6 is 0 Å². The lowest BCUT2D eigenvalue weighted by atomic mass is 10.2. The molecule has 0 bridgehead atoms. The summed E-state index contributed by atoms with van der Waals surface area (Å²) in [6.07, 6.45) is 0. The first-order chi connectivity index (χ1) is 9.63. The van der Waals surface area contributed by atoms with Crippen LogP contribution in [0.4, 0.5) is 0 Å². The summed E-state index contributed by atoms with van der Waals surface area (Å²) in [5, 5.41) is 3.44. The number of benzene rings is 1. The lowest BCUT2D eigenvalue weighted by Crippen LogP contribution is -2.17. The lowest BCUT2D eigenvalue weighted by Gasteiger charge is -2.05. The summed E-state index contributed by atoms with van der Waals surface area (Å²) in [5.74, 6) is -0.0591. The van der Waals surface area contributed by atoms with E-state index in [1.54, 1.807) is 32.2 Å². The number of nitrogens with one attached hydrogen (secondary N) is 2. The maximum absolute atomic E-state index is 11.5. The van der Waals surface area contributed by atoms with Crippen molar-refractivity contribution in [3.05, 3.63) is 30.0 Å². The van der Waals surface area contributed by atoms with Gasteiger partial charge >= 0.3 is 5.97 Å². The number of H-pyrrole nitrogens is 1. The van der Waals surface area contributed by atoms with Crippen molar-refractivity contribution in [3.63, 3.8) is 0 Å². The van der Waals surface area contributed by atoms with E-state index >= 15 is 0 Å². The molecule has 0 unspecified atom stereocenters. The molecule has 106 valence electrons. The zero-order valence-electron chi connectivity index (χ0n) is 11.4. The third kappa shape index (κ3) is 3.09. The molecule has 0 aliphatic heterocycles. The standard InChI is InChI=1S/C14H16N2O4/c1-3-19-13(17)8-20-10-5-4-9-6-12(14(18)15-2)16-11(9)7-10/h4-7,16H,3,8H2,1-2H3,(H,15,18). The van der Waals surface area contributed by atoms with Gasteiger partial charge in [0.05, 0.1) is 6.61 Å². The van der Waals surface area contributed by atoms with Gasteiger partial charge in [-0.2, -0.15) is 0 Å². The third-order valence-electron chi connectivity index (χ3n) is 2.73. The van der Waals surface area contributed by atoms with Gasteiger partial charge in [-0.25, -0.2) is 4.79 Å². The van der Waals surface area contributed by atoms with Crippen LogP contribution in [-0.2, 0) is 9.53 Å². The number of aromatic amines is 1. The fourth-order valence-corrected chi connectivity index (χ4v) is 1.80. The normalized spacial score (nSPS) is 10.3. The van der Waals surface area contributed by atoms with Crippen molar-refractivity contribution in [1.82, 2.24) is 10.3 Å². The van der Waals surface area contributed by atoms with Gasteiger partial charge in [0.25, 0.3) is 5.91 Å². The number of hydrogen-bond donors (Lipinski definition) is 2. The average molecular weight is 276 g/mol. The Labute approximate surface area is 116 Å². The summed E-state index contributed by atoms with van der Waals surface area (Å²) in [4.78, 5) is 25.7. The number of carbonyl (C=O) groups excluding carboxylic acids is 2. The fraction of sp³-hybridized carbons (Fsp3) is 0.286. The smallest absolute Gasteiger partial charge is 0.344 e. The number of aromatic nitrogens is 1. The molecule has 0 radical (unpaired) electrons. The van der Waals surface area contributed by atoms with E-state index in [9.17, 15) is 9.59 Å². The van der Waals surface area contributed by atoms with Crippen LogP contribution in [0.5, 0.6) is 5.75 Å². The molecule has 2 rings (SSSR count). The van der Waals surface area contributed by atoms with Crippen LogP contribution in [0.25, 0.3) is 10.9 Å².